The van der Waals surface area contributed by atoms with Gasteiger partial charge in [0.2, 0.25) is 51.0 Å². The Morgan fingerprint density at radius 1 is 0.504 bits per heavy atom. The molecule has 121 heavy (non-hydrogen) atoms. The number of benzene rings is 4. The monoisotopic (exact) mass is 2030 g/mol. The van der Waals surface area contributed by atoms with E-state index in [2.05, 4.69) is 90.3 Å². The summed E-state index contributed by atoms with van der Waals surface area (Å²) in [6, 6.07) is 14.9. The molecule has 4 aliphatic carbocycles. The van der Waals surface area contributed by atoms with E-state index < -0.39 is 132 Å². The van der Waals surface area contributed by atoms with Gasteiger partial charge in [-0.1, -0.05) is 31.7 Å². The average molecular weight is 2040 g/mol. The van der Waals surface area contributed by atoms with Crippen LogP contribution >= 0.6 is 10.7 Å². The zero-order valence-corrected chi connectivity index (χ0v) is 80.3. The third-order valence-corrected chi connectivity index (χ3v) is 25.0. The van der Waals surface area contributed by atoms with Gasteiger partial charge in [-0.3, -0.25) is 0 Å². The van der Waals surface area contributed by atoms with Crippen LogP contribution in [0, 0.1) is 76.6 Å². The van der Waals surface area contributed by atoms with Crippen molar-refractivity contribution in [2.45, 2.75) is 123 Å². The predicted octanol–water partition coefficient (Wildman–Crippen LogP) is 4.33. The van der Waals surface area contributed by atoms with Crippen LogP contribution in [0.3, 0.4) is 0 Å². The molecule has 4 fully saturated rings. The molecule has 5 aromatic heterocycles. The van der Waals surface area contributed by atoms with Crippen LogP contribution in [0.5, 0.6) is 0 Å². The van der Waals surface area contributed by atoms with Crippen LogP contribution < -0.4 is 133 Å². The Hall–Kier alpha value is -5.02. The SMILES string of the molecule is C.N#Cc1cnc(NC(CN)c2ccc(F)cc2F)nc1.N#Cc1cnc(NC(CNS(=O)(=O)C2CC2)c2ccc(F)cc2F)nc1.O=S(=O)(Cl)C1CC1.O=S(=O)(NCC(Cc1ncc(-c2nnc(C(F)F)o2)cn1)c1ccc(F)cc1F)C1CC1.O=S(=O)(NCC(Cc1ncc(C2=NN=NC2)cn1)c1ccc(F)cc1F)C1CC1.[CH3-].[K+].[K+].[K].[OH-].[W]. The van der Waals surface area contributed by atoms with Crippen LogP contribution in [0.1, 0.15) is 146 Å². The second-order valence-corrected chi connectivity index (χ2v) is 34.9. The fraction of sp³-hybridized carbons (Fsp3) is 0.352. The van der Waals surface area contributed by atoms with Crippen LogP contribution in [0.4, 0.5) is 55.8 Å². The van der Waals surface area contributed by atoms with Crippen molar-refractivity contribution in [3.63, 3.8) is 0 Å². The molecule has 4 aromatic carbocycles. The number of nitrogens with one attached hydrogen (secondary N) is 5. The third kappa shape index (κ3) is 34.3. The Labute approximate surface area is 837 Å². The molecule has 0 saturated heterocycles. The Kier molecular flexibility index (Phi) is 46.5. The fourth-order valence-electron chi connectivity index (χ4n) is 10.4. The molecule has 1 radical (unpaired) electrons. The number of hydrogen-bond donors (Lipinski definition) is 6. The molecule has 4 saturated carbocycles. The third-order valence-electron chi connectivity index (χ3n) is 17.2. The van der Waals surface area contributed by atoms with E-state index in [1.807, 2.05) is 12.1 Å². The molecule has 8 N–H and O–H groups in total. The number of nitrogens with two attached hydrogens (primary N) is 1. The summed E-state index contributed by atoms with van der Waals surface area (Å²) in [5.41, 5.74) is 8.27. The van der Waals surface area contributed by atoms with Gasteiger partial charge in [0.15, 0.2) is 0 Å². The van der Waals surface area contributed by atoms with Crippen LogP contribution in [0.15, 0.2) is 142 Å². The molecule has 5 aliphatic rings. The minimum Gasteiger partial charge on any atom is -0.870 e. The minimum absolute atomic E-state index is 0. The Bertz CT molecular complexity index is 5520. The van der Waals surface area contributed by atoms with E-state index >= 15 is 0 Å². The van der Waals surface area contributed by atoms with Crippen molar-refractivity contribution in [3.05, 3.63) is 233 Å². The molecular formula is C71H74ClF10K3N21O10S4W. The van der Waals surface area contributed by atoms with Crippen molar-refractivity contribution >= 4 is 119 Å². The molecule has 4 atom stereocenters. The van der Waals surface area contributed by atoms with E-state index in [1.165, 1.54) is 61.4 Å². The average Bonchev–Trinajstić information content (AvgIpc) is 1.74. The summed E-state index contributed by atoms with van der Waals surface area (Å²) >= 11 is 0. The first-order valence-corrected chi connectivity index (χ1v) is 41.3. The van der Waals surface area contributed by atoms with Gasteiger partial charge < -0.3 is 33.7 Å². The van der Waals surface area contributed by atoms with Crippen molar-refractivity contribution in [2.24, 2.45) is 21.2 Å². The number of sulfonamides is 3. The van der Waals surface area contributed by atoms with E-state index in [0.717, 1.165) is 61.4 Å². The molecule has 6 heterocycles. The number of aromatic nitrogens is 10. The topological polar surface area (TPSA) is 479 Å². The smallest absolute Gasteiger partial charge is 0.870 e. The summed E-state index contributed by atoms with van der Waals surface area (Å²) in [6.45, 7) is 0.108. The van der Waals surface area contributed by atoms with Crippen molar-refractivity contribution in [2.75, 3.05) is 43.4 Å². The van der Waals surface area contributed by atoms with Crippen LogP contribution in [0.2, 0.25) is 0 Å². The molecule has 633 valence electrons. The standard InChI is InChI=1S/C19H17F4N5O3S.C18H18F2N6O2S.C16H15F2N5O2S.C13H11F2N5.C3H5ClO2S.CH4.CH3.3K.H2O.W/c20-12-1-4-14(15(21)6-12)10(9-26-32(29,30)13-2-3-13)5-16-24-7-11(8-25-16)18-27-28-19(31-18)17(22)23;19-13-1-4-15(16(20)6-13)11(9-24-29(27,28)14-2-3-14)5-18-21-7-12(8-22-18)17-10-23-26-25-17;17-11-1-4-13(14(18)5-11)15(9-22-26(24,25)12-2-3-12)23-16-20-7-10(6-19)8-21-16;14-9-1-2-10(11(15)3-9)12(5-17)20-13-18-6-8(4-16)7-19-13;4-7(5,6)3-1-2-3;;;;;;;/h1,4,6-8,10,13,17,26H,2-3,5,9H2;1,4,6-8,11,14,24H,2-3,5,9-10H2;1,4-5,7-8,12,15,22H,2-3,9H2,(H,20,21,23);1-3,6-7,12H,5,17H2,(H,18,19,20);3H,1-2H2;1H4;1H3;;;;1H2;/q;;;;;;-1;;2*+1;;/p-1. The molecule has 0 spiro atoms. The Morgan fingerprint density at radius 2 is 0.851 bits per heavy atom. The van der Waals surface area contributed by atoms with E-state index in [9.17, 15) is 77.6 Å². The van der Waals surface area contributed by atoms with E-state index in [0.29, 0.717) is 67.7 Å². The zero-order valence-electron chi connectivity index (χ0n) is 64.0. The van der Waals surface area contributed by atoms with Gasteiger partial charge in [0.1, 0.15) is 76.9 Å². The summed E-state index contributed by atoms with van der Waals surface area (Å²) in [7, 11) is -8.71. The molecule has 0 bridgehead atoms. The number of anilines is 2. The first-order chi connectivity index (χ1) is 54.3. The number of nitriles is 2. The van der Waals surface area contributed by atoms with Crippen LogP contribution in [-0.4, -0.2) is 200 Å². The second-order valence-electron chi connectivity index (χ2n) is 25.8. The maximum Gasteiger partial charge on any atom is 1.00 e. The summed E-state index contributed by atoms with van der Waals surface area (Å²) < 4.78 is 240. The number of alkyl halides is 2. The number of hydrogen-bond acceptors (Lipinski definition) is 28. The van der Waals surface area contributed by atoms with Gasteiger partial charge in [0.25, 0.3) is 11.8 Å². The Balaban J connectivity index is 0.000000401. The number of nitrogens with zero attached hydrogens (tertiary/aromatic N) is 15. The van der Waals surface area contributed by atoms with Gasteiger partial charge >= 0.3 is 109 Å². The summed E-state index contributed by atoms with van der Waals surface area (Å²) in [4.78, 5) is 32.5. The first-order valence-electron chi connectivity index (χ1n) is 34.3. The second kappa shape index (κ2) is 51.1. The van der Waals surface area contributed by atoms with Gasteiger partial charge in [0.05, 0.1) is 80.3 Å². The molecule has 31 nitrogen and oxygen atoms in total. The minimum atomic E-state index is -3.53. The van der Waals surface area contributed by atoms with Gasteiger partial charge in [-0.25, -0.2) is 123 Å². The molecule has 1 aliphatic heterocycles. The number of rotatable bonds is 29. The summed E-state index contributed by atoms with van der Waals surface area (Å²) in [6.07, 6.45) is 13.3. The van der Waals surface area contributed by atoms with Gasteiger partial charge in [-0.05, 0) is 92.0 Å². The predicted molar refractivity (Wildman–Crippen MR) is 411 cm³/mol. The number of halogens is 11. The van der Waals surface area contributed by atoms with Crippen molar-refractivity contribution < 1.29 is 211 Å². The molecule has 4 unspecified atom stereocenters. The van der Waals surface area contributed by atoms with Gasteiger partial charge in [-0.2, -0.15) is 24.4 Å². The van der Waals surface area contributed by atoms with Gasteiger partial charge in [0, 0.05) is 200 Å². The quantitative estimate of drug-likeness (QED) is 0.0164. The van der Waals surface area contributed by atoms with Crippen molar-refractivity contribution in [1.82, 2.24) is 64.2 Å². The fourth-order valence-corrected chi connectivity index (χ4v) is 15.9. The molecule has 50 heteroatoms. The van der Waals surface area contributed by atoms with Gasteiger partial charge in [-0.15, -0.1) is 15.3 Å². The van der Waals surface area contributed by atoms with Crippen LogP contribution in [-0.2, 0) is 73.0 Å². The normalized spacial score (nSPS) is 14.7. The largest absolute Gasteiger partial charge is 1.00 e. The van der Waals surface area contributed by atoms with E-state index in [1.54, 1.807) is 12.4 Å². The molecule has 14 rings (SSSR count). The summed E-state index contributed by atoms with van der Waals surface area (Å²) in [5, 5.41) is 39.5. The zero-order chi connectivity index (χ0) is 82.1. The Morgan fingerprint density at radius 3 is 1.16 bits per heavy atom. The van der Waals surface area contributed by atoms with E-state index in [-0.39, 0.29) is 302 Å². The van der Waals surface area contributed by atoms with Crippen LogP contribution in [0.25, 0.3) is 11.5 Å². The van der Waals surface area contributed by atoms with Crippen molar-refractivity contribution in [1.29, 1.82) is 10.5 Å². The first kappa shape index (κ1) is 110. The maximum atomic E-state index is 14.4. The summed E-state index contributed by atoms with van der Waals surface area (Å²) in [5.74, 6) is -7.32. The molecule has 0 amide bonds. The maximum absolute atomic E-state index is 14.4. The van der Waals surface area contributed by atoms with Crippen molar-refractivity contribution in [3.8, 4) is 23.6 Å². The van der Waals surface area contributed by atoms with E-state index in [4.69, 9.17) is 31.4 Å². The molecular weight excluding hydrogens is 1960 g/mol. The molecule has 9 aromatic rings.